The molecule has 24 heavy (non-hydrogen) atoms. The number of rotatable bonds is 3. The smallest absolute Gasteiger partial charge is 0.414 e. The molecule has 5 rings (SSSR count). The second-order valence-electron chi connectivity index (χ2n) is 6.86. The minimum atomic E-state index is -0.667. The van der Waals surface area contributed by atoms with Crippen LogP contribution in [0.25, 0.3) is 0 Å². The number of anilines is 2. The van der Waals surface area contributed by atoms with Gasteiger partial charge in [0.05, 0.1) is 23.9 Å². The van der Waals surface area contributed by atoms with E-state index in [0.29, 0.717) is 6.54 Å². The summed E-state index contributed by atoms with van der Waals surface area (Å²) >= 11 is 0. The van der Waals surface area contributed by atoms with Crippen LogP contribution in [0.5, 0.6) is 0 Å². The van der Waals surface area contributed by atoms with Crippen molar-refractivity contribution >= 4 is 17.5 Å². The molecule has 0 aromatic heterocycles. The Morgan fingerprint density at radius 3 is 2.50 bits per heavy atom. The van der Waals surface area contributed by atoms with Crippen molar-refractivity contribution in [2.75, 3.05) is 29.4 Å². The quantitative estimate of drug-likeness (QED) is 0.902. The molecule has 0 radical (unpaired) electrons. The number of cyclic esters (lactones) is 1. The van der Waals surface area contributed by atoms with Gasteiger partial charge in [-0.3, -0.25) is 4.90 Å². The maximum absolute atomic E-state index is 14.7. The van der Waals surface area contributed by atoms with Crippen molar-refractivity contribution < 1.29 is 23.0 Å². The number of morpholine rings is 1. The summed E-state index contributed by atoms with van der Waals surface area (Å²) in [7, 11) is 0. The highest BCUT2D eigenvalue weighted by Gasteiger charge is 2.73. The highest BCUT2D eigenvalue weighted by atomic mass is 19.1. The van der Waals surface area contributed by atoms with E-state index in [4.69, 9.17) is 15.2 Å². The monoisotopic (exact) mass is 337 g/mol. The van der Waals surface area contributed by atoms with E-state index >= 15 is 0 Å². The van der Waals surface area contributed by atoms with Crippen molar-refractivity contribution in [2.24, 2.45) is 5.73 Å². The fourth-order valence-corrected chi connectivity index (χ4v) is 4.38. The Morgan fingerprint density at radius 2 is 2.00 bits per heavy atom. The van der Waals surface area contributed by atoms with Crippen molar-refractivity contribution in [1.29, 1.82) is 0 Å². The fraction of sp³-hybridized carbons (Fsp3) is 0.562. The predicted octanol–water partition coefficient (Wildman–Crippen LogP) is 1.37. The summed E-state index contributed by atoms with van der Waals surface area (Å²) in [6, 6.07) is 2.38. The van der Waals surface area contributed by atoms with E-state index in [1.807, 2.05) is 0 Å². The summed E-state index contributed by atoms with van der Waals surface area (Å²) in [6.07, 6.45) is 0.933. The van der Waals surface area contributed by atoms with Gasteiger partial charge in [-0.2, -0.15) is 0 Å². The summed E-state index contributed by atoms with van der Waals surface area (Å²) in [5.74, 6) is -1.33. The van der Waals surface area contributed by atoms with Crippen LogP contribution in [0, 0.1) is 11.6 Å². The maximum atomic E-state index is 14.7. The lowest BCUT2D eigenvalue weighted by Gasteiger charge is -2.75. The van der Waals surface area contributed by atoms with Gasteiger partial charge >= 0.3 is 6.09 Å². The molecule has 3 saturated heterocycles. The first kappa shape index (κ1) is 14.4. The maximum Gasteiger partial charge on any atom is 0.414 e. The van der Waals surface area contributed by atoms with E-state index in [-0.39, 0.29) is 42.2 Å². The molecule has 3 heterocycles. The van der Waals surface area contributed by atoms with E-state index in [1.165, 1.54) is 17.0 Å². The molecule has 8 heteroatoms. The first-order valence-electron chi connectivity index (χ1n) is 8.15. The Labute approximate surface area is 137 Å². The lowest BCUT2D eigenvalue weighted by molar-refractivity contribution is -0.287. The molecule has 4 unspecified atom stereocenters. The van der Waals surface area contributed by atoms with Gasteiger partial charge < -0.3 is 20.1 Å². The van der Waals surface area contributed by atoms with Crippen molar-refractivity contribution in [3.05, 3.63) is 23.8 Å². The number of ether oxygens (including phenoxy) is 2. The van der Waals surface area contributed by atoms with Crippen LogP contribution in [-0.2, 0) is 9.47 Å². The third kappa shape index (κ3) is 1.58. The summed E-state index contributed by atoms with van der Waals surface area (Å²) in [5.41, 5.74) is 5.41. The largest absolute Gasteiger partial charge is 0.443 e. The first-order valence-corrected chi connectivity index (χ1v) is 8.15. The molecule has 4 aliphatic rings. The second-order valence-corrected chi connectivity index (χ2v) is 6.86. The fourth-order valence-electron chi connectivity index (χ4n) is 4.38. The van der Waals surface area contributed by atoms with Crippen LogP contribution in [0.2, 0.25) is 0 Å². The number of benzene rings is 1. The zero-order valence-electron chi connectivity index (χ0n) is 12.9. The minimum Gasteiger partial charge on any atom is -0.443 e. The van der Waals surface area contributed by atoms with Crippen molar-refractivity contribution in [3.8, 4) is 0 Å². The van der Waals surface area contributed by atoms with Crippen molar-refractivity contribution in [2.45, 2.75) is 36.7 Å². The van der Waals surface area contributed by atoms with Crippen LogP contribution >= 0.6 is 0 Å². The molecule has 1 aromatic rings. The number of halogens is 2. The van der Waals surface area contributed by atoms with Gasteiger partial charge in [0.1, 0.15) is 17.9 Å². The highest BCUT2D eigenvalue weighted by Crippen LogP contribution is 2.60. The number of hydrogen-bond acceptors (Lipinski definition) is 5. The van der Waals surface area contributed by atoms with E-state index < -0.39 is 23.8 Å². The Hall–Kier alpha value is -1.93. The summed E-state index contributed by atoms with van der Waals surface area (Å²) in [5, 5.41) is 0. The third-order valence-corrected chi connectivity index (χ3v) is 5.82. The lowest BCUT2D eigenvalue weighted by Crippen LogP contribution is -2.89. The van der Waals surface area contributed by atoms with Gasteiger partial charge in [-0.1, -0.05) is 0 Å². The molecule has 128 valence electrons. The molecule has 4 fully saturated rings. The zero-order chi connectivity index (χ0) is 16.6. The Bertz CT molecular complexity index is 716. The SMILES string of the molecule is NCC1CN(c2cc(F)c(N3CC4OC5CCC543)c(F)c2)C(=O)O1. The molecule has 1 aliphatic carbocycles. The van der Waals surface area contributed by atoms with Gasteiger partial charge in [0.15, 0.2) is 11.6 Å². The molecule has 4 atom stereocenters. The lowest BCUT2D eigenvalue weighted by atomic mass is 9.58. The minimum absolute atomic E-state index is 0.0223. The number of carbonyl (C=O) groups is 1. The second kappa shape index (κ2) is 4.58. The van der Waals surface area contributed by atoms with E-state index in [2.05, 4.69) is 0 Å². The van der Waals surface area contributed by atoms with Gasteiger partial charge in [-0.25, -0.2) is 13.6 Å². The molecule has 1 aromatic carbocycles. The van der Waals surface area contributed by atoms with Gasteiger partial charge in [0.2, 0.25) is 0 Å². The average molecular weight is 337 g/mol. The third-order valence-electron chi connectivity index (χ3n) is 5.82. The van der Waals surface area contributed by atoms with Crippen LogP contribution in [-0.4, -0.2) is 49.6 Å². The number of nitrogens with zero attached hydrogens (tertiary/aromatic N) is 2. The van der Waals surface area contributed by atoms with Crippen molar-refractivity contribution in [3.63, 3.8) is 0 Å². The number of nitrogens with two attached hydrogens (primary N) is 1. The van der Waals surface area contributed by atoms with Crippen LogP contribution in [0.1, 0.15) is 12.8 Å². The van der Waals surface area contributed by atoms with Crippen LogP contribution < -0.4 is 15.5 Å². The van der Waals surface area contributed by atoms with E-state index in [1.54, 1.807) is 4.90 Å². The zero-order valence-corrected chi connectivity index (χ0v) is 12.9. The van der Waals surface area contributed by atoms with Crippen molar-refractivity contribution in [1.82, 2.24) is 0 Å². The molecule has 2 N–H and O–H groups in total. The van der Waals surface area contributed by atoms with Gasteiger partial charge in [0.25, 0.3) is 0 Å². The standard InChI is InChI=1S/C16H17F2N3O3/c17-10-3-8(20-6-9(5-19)23-15(20)22)4-11(18)14(10)21-7-13-16(21)2-1-12(16)24-13/h3-4,9,12-13H,1-2,5-7,19H2. The van der Waals surface area contributed by atoms with Gasteiger partial charge in [0, 0.05) is 25.2 Å². The van der Waals surface area contributed by atoms with E-state index in [9.17, 15) is 13.6 Å². The molecule has 1 saturated carbocycles. The van der Waals surface area contributed by atoms with Gasteiger partial charge in [-0.05, 0) is 12.8 Å². The van der Waals surface area contributed by atoms with Crippen LogP contribution in [0.15, 0.2) is 12.1 Å². The van der Waals surface area contributed by atoms with Gasteiger partial charge in [-0.15, -0.1) is 0 Å². The molecular weight excluding hydrogens is 320 g/mol. The number of amides is 1. The molecule has 1 amide bonds. The molecule has 0 bridgehead atoms. The predicted molar refractivity (Wildman–Crippen MR) is 81.0 cm³/mol. The Kier molecular flexibility index (Phi) is 2.75. The number of hydrogen-bond donors (Lipinski definition) is 1. The average Bonchev–Trinajstić information content (AvgIpc) is 2.88. The topological polar surface area (TPSA) is 68.0 Å². The first-order chi connectivity index (χ1) is 11.5. The number of carbonyl (C=O) groups excluding carboxylic acids is 1. The summed E-state index contributed by atoms with van der Waals surface area (Å²) in [6.45, 7) is 0.869. The van der Waals surface area contributed by atoms with Crippen LogP contribution in [0.4, 0.5) is 25.0 Å². The van der Waals surface area contributed by atoms with Crippen LogP contribution in [0.3, 0.4) is 0 Å². The summed E-state index contributed by atoms with van der Waals surface area (Å²) < 4.78 is 40.0. The molecule has 3 aliphatic heterocycles. The molecular formula is C16H17F2N3O3. The molecule has 1 spiro atoms. The Morgan fingerprint density at radius 1 is 1.25 bits per heavy atom. The summed E-state index contributed by atoms with van der Waals surface area (Å²) in [4.78, 5) is 14.8. The molecule has 6 nitrogen and oxygen atoms in total. The Balaban J connectivity index is 1.46. The highest BCUT2D eigenvalue weighted by molar-refractivity contribution is 5.90. The van der Waals surface area contributed by atoms with E-state index in [0.717, 1.165) is 12.8 Å². The normalized spacial score (nSPS) is 36.3.